The van der Waals surface area contributed by atoms with Gasteiger partial charge in [-0.25, -0.2) is 0 Å². The predicted molar refractivity (Wildman–Crippen MR) is 72.1 cm³/mol. The topological polar surface area (TPSA) is 30.5 Å². The fraction of sp³-hybridized carbons (Fsp3) is 0.571. The molecule has 0 amide bonds. The molecule has 0 saturated heterocycles. The summed E-state index contributed by atoms with van der Waals surface area (Å²) >= 11 is 0. The van der Waals surface area contributed by atoms with Crippen LogP contribution in [0, 0.1) is 0 Å². The number of ether oxygens (including phenoxy) is 2. The standard InChI is InChI=1S/C14H23NO2/c1-6-15-13-8-7-12(16-10(2)3)9-14(13)17-11(4)5/h7-11,15H,6H2,1-5H3. The first-order valence-corrected chi connectivity index (χ1v) is 6.24. The molecule has 0 saturated carbocycles. The molecule has 0 fully saturated rings. The van der Waals surface area contributed by atoms with Crippen LogP contribution in [0.2, 0.25) is 0 Å². The summed E-state index contributed by atoms with van der Waals surface area (Å²) in [4.78, 5) is 0. The predicted octanol–water partition coefficient (Wildman–Crippen LogP) is 3.69. The van der Waals surface area contributed by atoms with Crippen molar-refractivity contribution < 1.29 is 9.47 Å². The highest BCUT2D eigenvalue weighted by atomic mass is 16.5. The average molecular weight is 237 g/mol. The Bertz CT molecular complexity index is 348. The first kappa shape index (κ1) is 13.7. The molecule has 0 aliphatic heterocycles. The first-order chi connectivity index (χ1) is 8.02. The number of anilines is 1. The molecule has 0 aromatic heterocycles. The lowest BCUT2D eigenvalue weighted by atomic mass is 10.2. The number of benzene rings is 1. The number of hydrogen-bond donors (Lipinski definition) is 1. The summed E-state index contributed by atoms with van der Waals surface area (Å²) in [5, 5.41) is 3.28. The maximum atomic E-state index is 5.78. The van der Waals surface area contributed by atoms with Crippen molar-refractivity contribution in [3.63, 3.8) is 0 Å². The molecule has 0 aliphatic rings. The summed E-state index contributed by atoms with van der Waals surface area (Å²) < 4.78 is 11.4. The summed E-state index contributed by atoms with van der Waals surface area (Å²) in [6.07, 6.45) is 0.327. The Balaban J connectivity index is 2.92. The molecule has 1 rings (SSSR count). The second-order valence-electron chi connectivity index (χ2n) is 4.52. The molecule has 0 aliphatic carbocycles. The van der Waals surface area contributed by atoms with Gasteiger partial charge < -0.3 is 14.8 Å². The lowest BCUT2D eigenvalue weighted by Gasteiger charge is -2.17. The average Bonchev–Trinajstić information content (AvgIpc) is 2.20. The molecule has 17 heavy (non-hydrogen) atoms. The third-order valence-electron chi connectivity index (χ3n) is 2.05. The van der Waals surface area contributed by atoms with Gasteiger partial charge in [-0.1, -0.05) is 0 Å². The third-order valence-corrected chi connectivity index (χ3v) is 2.05. The van der Waals surface area contributed by atoms with Gasteiger partial charge in [0.1, 0.15) is 11.5 Å². The van der Waals surface area contributed by atoms with Crippen molar-refractivity contribution in [3.8, 4) is 11.5 Å². The molecule has 0 radical (unpaired) electrons. The minimum absolute atomic E-state index is 0.154. The molecule has 0 atom stereocenters. The molecular weight excluding hydrogens is 214 g/mol. The lowest BCUT2D eigenvalue weighted by Crippen LogP contribution is -2.10. The highest BCUT2D eigenvalue weighted by molar-refractivity contribution is 5.59. The van der Waals surface area contributed by atoms with E-state index in [1.54, 1.807) is 0 Å². The number of nitrogens with one attached hydrogen (secondary N) is 1. The highest BCUT2D eigenvalue weighted by Gasteiger charge is 2.08. The van der Waals surface area contributed by atoms with Crippen molar-refractivity contribution in [1.29, 1.82) is 0 Å². The fourth-order valence-electron chi connectivity index (χ4n) is 1.54. The number of rotatable bonds is 6. The van der Waals surface area contributed by atoms with Gasteiger partial charge in [0.25, 0.3) is 0 Å². The van der Waals surface area contributed by atoms with Crippen molar-refractivity contribution in [2.75, 3.05) is 11.9 Å². The molecular formula is C14H23NO2. The molecule has 0 bridgehead atoms. The first-order valence-electron chi connectivity index (χ1n) is 6.24. The van der Waals surface area contributed by atoms with Gasteiger partial charge in [-0.15, -0.1) is 0 Å². The Kier molecular flexibility index (Phi) is 5.13. The Hall–Kier alpha value is -1.38. The summed E-state index contributed by atoms with van der Waals surface area (Å²) in [6, 6.07) is 5.90. The molecule has 3 nitrogen and oxygen atoms in total. The van der Waals surface area contributed by atoms with E-state index in [9.17, 15) is 0 Å². The van der Waals surface area contributed by atoms with Crippen LogP contribution in [0.25, 0.3) is 0 Å². The van der Waals surface area contributed by atoms with Crippen LogP contribution < -0.4 is 14.8 Å². The van der Waals surface area contributed by atoms with E-state index in [1.807, 2.05) is 45.9 Å². The molecule has 3 heteroatoms. The van der Waals surface area contributed by atoms with Crippen LogP contribution in [0.1, 0.15) is 34.6 Å². The zero-order valence-electron chi connectivity index (χ0n) is 11.4. The summed E-state index contributed by atoms with van der Waals surface area (Å²) in [7, 11) is 0. The minimum atomic E-state index is 0.154. The van der Waals surface area contributed by atoms with Gasteiger partial charge in [0.05, 0.1) is 17.9 Å². The van der Waals surface area contributed by atoms with Gasteiger partial charge >= 0.3 is 0 Å². The Morgan fingerprint density at radius 1 is 1.06 bits per heavy atom. The van der Waals surface area contributed by atoms with E-state index in [0.29, 0.717) is 0 Å². The van der Waals surface area contributed by atoms with Crippen LogP contribution in [0.3, 0.4) is 0 Å². The largest absolute Gasteiger partial charge is 0.491 e. The summed E-state index contributed by atoms with van der Waals surface area (Å²) in [5.74, 6) is 1.69. The van der Waals surface area contributed by atoms with Crippen molar-refractivity contribution in [2.24, 2.45) is 0 Å². The molecule has 1 N–H and O–H groups in total. The van der Waals surface area contributed by atoms with Crippen LogP contribution in [0.15, 0.2) is 18.2 Å². The molecule has 1 aromatic rings. The molecule has 96 valence electrons. The van der Waals surface area contributed by atoms with Crippen molar-refractivity contribution in [3.05, 3.63) is 18.2 Å². The van der Waals surface area contributed by atoms with Gasteiger partial charge in [-0.2, -0.15) is 0 Å². The highest BCUT2D eigenvalue weighted by Crippen LogP contribution is 2.30. The van der Waals surface area contributed by atoms with Gasteiger partial charge in [0.2, 0.25) is 0 Å². The van der Waals surface area contributed by atoms with E-state index in [-0.39, 0.29) is 12.2 Å². The molecule has 0 heterocycles. The maximum Gasteiger partial charge on any atom is 0.146 e. The number of hydrogen-bond acceptors (Lipinski definition) is 3. The zero-order chi connectivity index (χ0) is 12.8. The van der Waals surface area contributed by atoms with E-state index in [1.165, 1.54) is 0 Å². The van der Waals surface area contributed by atoms with Gasteiger partial charge in [-0.05, 0) is 46.8 Å². The smallest absolute Gasteiger partial charge is 0.146 e. The lowest BCUT2D eigenvalue weighted by molar-refractivity contribution is 0.230. The molecule has 0 unspecified atom stereocenters. The zero-order valence-corrected chi connectivity index (χ0v) is 11.4. The van der Waals surface area contributed by atoms with Crippen molar-refractivity contribution in [1.82, 2.24) is 0 Å². The molecule has 0 spiro atoms. The fourth-order valence-corrected chi connectivity index (χ4v) is 1.54. The van der Waals surface area contributed by atoms with E-state index in [4.69, 9.17) is 9.47 Å². The second-order valence-corrected chi connectivity index (χ2v) is 4.52. The van der Waals surface area contributed by atoms with Crippen LogP contribution in [0.4, 0.5) is 5.69 Å². The summed E-state index contributed by atoms with van der Waals surface area (Å²) in [6.45, 7) is 11.0. The van der Waals surface area contributed by atoms with E-state index >= 15 is 0 Å². The molecule has 1 aromatic carbocycles. The summed E-state index contributed by atoms with van der Waals surface area (Å²) in [5.41, 5.74) is 1.01. The quantitative estimate of drug-likeness (QED) is 0.818. The van der Waals surface area contributed by atoms with E-state index in [2.05, 4.69) is 12.2 Å². The Labute approximate surface area is 104 Å². The van der Waals surface area contributed by atoms with Crippen LogP contribution in [-0.4, -0.2) is 18.8 Å². The van der Waals surface area contributed by atoms with E-state index in [0.717, 1.165) is 23.7 Å². The Morgan fingerprint density at radius 3 is 2.24 bits per heavy atom. The van der Waals surface area contributed by atoms with Gasteiger partial charge in [0.15, 0.2) is 0 Å². The normalized spacial score (nSPS) is 10.8. The second kappa shape index (κ2) is 6.38. The van der Waals surface area contributed by atoms with Crippen LogP contribution in [0.5, 0.6) is 11.5 Å². The van der Waals surface area contributed by atoms with E-state index < -0.39 is 0 Å². The SMILES string of the molecule is CCNc1ccc(OC(C)C)cc1OC(C)C. The van der Waals surface area contributed by atoms with Crippen LogP contribution >= 0.6 is 0 Å². The monoisotopic (exact) mass is 237 g/mol. The van der Waals surface area contributed by atoms with Crippen molar-refractivity contribution in [2.45, 2.75) is 46.8 Å². The minimum Gasteiger partial charge on any atom is -0.491 e. The maximum absolute atomic E-state index is 5.78. The Morgan fingerprint density at radius 2 is 1.71 bits per heavy atom. The third kappa shape index (κ3) is 4.55. The van der Waals surface area contributed by atoms with Gasteiger partial charge in [0, 0.05) is 12.6 Å². The van der Waals surface area contributed by atoms with Crippen LogP contribution in [-0.2, 0) is 0 Å². The van der Waals surface area contributed by atoms with Crippen molar-refractivity contribution >= 4 is 5.69 Å². The van der Waals surface area contributed by atoms with Gasteiger partial charge in [-0.3, -0.25) is 0 Å².